The van der Waals surface area contributed by atoms with E-state index >= 15 is 0 Å². The summed E-state index contributed by atoms with van der Waals surface area (Å²) in [5, 5.41) is 35.1. The van der Waals surface area contributed by atoms with Crippen LogP contribution in [0.25, 0.3) is 11.1 Å². The van der Waals surface area contributed by atoms with Crippen molar-refractivity contribution in [2.45, 2.75) is 0 Å². The highest BCUT2D eigenvalue weighted by atomic mass is 16.6. The number of nitro groups is 1. The number of aromatic carboxylic acids is 1. The van der Waals surface area contributed by atoms with E-state index in [1.54, 1.807) is 30.3 Å². The Morgan fingerprint density at radius 1 is 1.07 bits per heavy atom. The Hall–Kier alpha value is -4.52. The number of anilines is 2. The van der Waals surface area contributed by atoms with Gasteiger partial charge in [0.1, 0.15) is 17.8 Å². The molecule has 3 N–H and O–H groups in total. The quantitative estimate of drug-likeness (QED) is 0.292. The first-order valence-corrected chi connectivity index (χ1v) is 8.80. The standard InChI is InChI=1S/C20H16N6O4/c21-10-13-1-3-14(4-2-13)16-9-19(25-12-17(16)20(27)28)23-8-7-22-18-6-5-15(11-24-18)26(29)30/h1-6,9,11-12H,7-8H2,(H,22,24)(H,23,25)(H,27,28). The summed E-state index contributed by atoms with van der Waals surface area (Å²) in [6.07, 6.45) is 2.45. The summed E-state index contributed by atoms with van der Waals surface area (Å²) in [5.74, 6) is -0.119. The molecule has 0 saturated carbocycles. The van der Waals surface area contributed by atoms with E-state index in [-0.39, 0.29) is 11.3 Å². The topological polar surface area (TPSA) is 154 Å². The molecular weight excluding hydrogens is 388 g/mol. The molecule has 2 aromatic heterocycles. The second-order valence-electron chi connectivity index (χ2n) is 6.12. The fraction of sp³-hybridized carbons (Fsp3) is 0.100. The Kier molecular flexibility index (Phi) is 6.14. The molecule has 3 aromatic rings. The van der Waals surface area contributed by atoms with Crippen LogP contribution < -0.4 is 10.6 Å². The molecule has 1 aromatic carbocycles. The lowest BCUT2D eigenvalue weighted by atomic mass is 10.0. The monoisotopic (exact) mass is 404 g/mol. The summed E-state index contributed by atoms with van der Waals surface area (Å²) in [4.78, 5) is 29.7. The minimum Gasteiger partial charge on any atom is -0.478 e. The molecule has 10 nitrogen and oxygen atoms in total. The van der Waals surface area contributed by atoms with Crippen LogP contribution >= 0.6 is 0 Å². The highest BCUT2D eigenvalue weighted by Gasteiger charge is 2.14. The number of nitriles is 1. The minimum absolute atomic E-state index is 0.0541. The van der Waals surface area contributed by atoms with E-state index in [4.69, 9.17) is 5.26 Å². The van der Waals surface area contributed by atoms with E-state index in [0.717, 1.165) is 0 Å². The second-order valence-corrected chi connectivity index (χ2v) is 6.12. The zero-order chi connectivity index (χ0) is 21.5. The van der Waals surface area contributed by atoms with E-state index in [1.807, 2.05) is 6.07 Å². The predicted octanol–water partition coefficient (Wildman–Crippen LogP) is 3.15. The summed E-state index contributed by atoms with van der Waals surface area (Å²) in [5.41, 5.74) is 1.59. The molecule has 0 radical (unpaired) electrons. The molecule has 0 atom stereocenters. The van der Waals surface area contributed by atoms with Gasteiger partial charge in [0.2, 0.25) is 0 Å². The van der Waals surface area contributed by atoms with E-state index in [0.29, 0.717) is 41.4 Å². The van der Waals surface area contributed by atoms with Crippen molar-refractivity contribution in [2.75, 3.05) is 23.7 Å². The van der Waals surface area contributed by atoms with E-state index < -0.39 is 10.9 Å². The van der Waals surface area contributed by atoms with Crippen molar-refractivity contribution in [3.63, 3.8) is 0 Å². The van der Waals surface area contributed by atoms with Crippen LogP contribution in [0.15, 0.2) is 54.9 Å². The lowest BCUT2D eigenvalue weighted by molar-refractivity contribution is -0.385. The molecule has 30 heavy (non-hydrogen) atoms. The fourth-order valence-electron chi connectivity index (χ4n) is 2.67. The maximum Gasteiger partial charge on any atom is 0.337 e. The Bertz CT molecular complexity index is 1110. The number of nitrogens with one attached hydrogen (secondary N) is 2. The largest absolute Gasteiger partial charge is 0.478 e. The summed E-state index contributed by atoms with van der Waals surface area (Å²) in [6, 6.07) is 13.1. The third-order valence-corrected chi connectivity index (χ3v) is 4.16. The van der Waals surface area contributed by atoms with Crippen molar-refractivity contribution in [3.05, 3.63) is 76.1 Å². The first-order chi connectivity index (χ1) is 14.5. The molecule has 0 aliphatic carbocycles. The molecule has 0 spiro atoms. The van der Waals surface area contributed by atoms with Gasteiger partial charge in [0, 0.05) is 30.9 Å². The second kappa shape index (κ2) is 9.11. The van der Waals surface area contributed by atoms with Crippen LogP contribution in [0.3, 0.4) is 0 Å². The van der Waals surface area contributed by atoms with Crippen molar-refractivity contribution < 1.29 is 14.8 Å². The molecule has 0 aliphatic rings. The number of pyridine rings is 2. The fourth-order valence-corrected chi connectivity index (χ4v) is 2.67. The number of carboxylic acids is 1. The van der Waals surface area contributed by atoms with Gasteiger partial charge in [-0.25, -0.2) is 14.8 Å². The van der Waals surface area contributed by atoms with Gasteiger partial charge in [-0.1, -0.05) is 12.1 Å². The number of benzene rings is 1. The Morgan fingerprint density at radius 3 is 2.30 bits per heavy atom. The predicted molar refractivity (Wildman–Crippen MR) is 109 cm³/mol. The normalized spacial score (nSPS) is 10.1. The lowest BCUT2D eigenvalue weighted by Crippen LogP contribution is -2.15. The van der Waals surface area contributed by atoms with Crippen molar-refractivity contribution in [1.82, 2.24) is 9.97 Å². The molecule has 0 fully saturated rings. The number of nitrogens with zero attached hydrogens (tertiary/aromatic N) is 4. The number of carboxylic acid groups (broad SMARTS) is 1. The van der Waals surface area contributed by atoms with Crippen molar-refractivity contribution in [1.29, 1.82) is 5.26 Å². The van der Waals surface area contributed by atoms with Crippen molar-refractivity contribution >= 4 is 23.3 Å². The number of hydrogen-bond donors (Lipinski definition) is 3. The van der Waals surface area contributed by atoms with E-state index in [9.17, 15) is 20.0 Å². The zero-order valence-electron chi connectivity index (χ0n) is 15.6. The summed E-state index contributed by atoms with van der Waals surface area (Å²) in [6.45, 7) is 0.907. The van der Waals surface area contributed by atoms with E-state index in [1.165, 1.54) is 24.5 Å². The van der Waals surface area contributed by atoms with Crippen LogP contribution in [0.1, 0.15) is 15.9 Å². The molecule has 0 bridgehead atoms. The summed E-state index contributed by atoms with van der Waals surface area (Å²) in [7, 11) is 0. The van der Waals surface area contributed by atoms with Gasteiger partial charge in [-0.2, -0.15) is 5.26 Å². The molecular formula is C20H16N6O4. The highest BCUT2D eigenvalue weighted by molar-refractivity contribution is 5.96. The van der Waals surface area contributed by atoms with Gasteiger partial charge >= 0.3 is 5.97 Å². The number of hydrogen-bond acceptors (Lipinski definition) is 8. The van der Waals surface area contributed by atoms with Crippen LogP contribution in [0.5, 0.6) is 0 Å². The summed E-state index contributed by atoms with van der Waals surface area (Å²) >= 11 is 0. The molecule has 0 amide bonds. The Labute approximate surface area is 171 Å². The SMILES string of the molecule is N#Cc1ccc(-c2cc(NCCNc3ccc([N+](=O)[O-])cn3)ncc2C(=O)O)cc1. The minimum atomic E-state index is -1.10. The van der Waals surface area contributed by atoms with Gasteiger partial charge in [0.15, 0.2) is 0 Å². The van der Waals surface area contributed by atoms with Gasteiger partial charge in [-0.3, -0.25) is 10.1 Å². The molecule has 0 aliphatic heterocycles. The van der Waals surface area contributed by atoms with Gasteiger partial charge in [-0.05, 0) is 29.8 Å². The van der Waals surface area contributed by atoms with Gasteiger partial charge in [0.05, 0.1) is 22.1 Å². The number of aromatic nitrogens is 2. The van der Waals surface area contributed by atoms with Crippen molar-refractivity contribution in [3.8, 4) is 17.2 Å². The van der Waals surface area contributed by atoms with Crippen LogP contribution in [0.2, 0.25) is 0 Å². The van der Waals surface area contributed by atoms with E-state index in [2.05, 4.69) is 20.6 Å². The zero-order valence-corrected chi connectivity index (χ0v) is 15.6. The average Bonchev–Trinajstić information content (AvgIpc) is 2.77. The smallest absolute Gasteiger partial charge is 0.337 e. The lowest BCUT2D eigenvalue weighted by Gasteiger charge is -2.11. The molecule has 3 rings (SSSR count). The van der Waals surface area contributed by atoms with Gasteiger partial charge < -0.3 is 15.7 Å². The molecule has 0 saturated heterocycles. The Morgan fingerprint density at radius 2 is 1.73 bits per heavy atom. The van der Waals surface area contributed by atoms with Gasteiger partial charge in [0.25, 0.3) is 5.69 Å². The Balaban J connectivity index is 1.66. The summed E-state index contributed by atoms with van der Waals surface area (Å²) < 4.78 is 0. The third-order valence-electron chi connectivity index (χ3n) is 4.16. The molecule has 10 heteroatoms. The maximum absolute atomic E-state index is 11.5. The number of rotatable bonds is 8. The van der Waals surface area contributed by atoms with Gasteiger partial charge in [-0.15, -0.1) is 0 Å². The van der Waals surface area contributed by atoms with Crippen LogP contribution in [0.4, 0.5) is 17.3 Å². The molecule has 150 valence electrons. The average molecular weight is 404 g/mol. The molecule has 2 heterocycles. The maximum atomic E-state index is 11.5. The van der Waals surface area contributed by atoms with Crippen molar-refractivity contribution in [2.24, 2.45) is 0 Å². The number of carbonyl (C=O) groups is 1. The first-order valence-electron chi connectivity index (χ1n) is 8.80. The molecule has 0 unspecified atom stereocenters. The third kappa shape index (κ3) is 4.85. The van der Waals surface area contributed by atoms with Crippen LogP contribution in [-0.4, -0.2) is 39.1 Å². The first kappa shape index (κ1) is 20.2. The van der Waals surface area contributed by atoms with Crippen LogP contribution in [0, 0.1) is 21.4 Å². The highest BCUT2D eigenvalue weighted by Crippen LogP contribution is 2.26. The van der Waals surface area contributed by atoms with Crippen LogP contribution in [-0.2, 0) is 0 Å².